The molecule has 188 valence electrons. The lowest BCUT2D eigenvalue weighted by Crippen LogP contribution is -2.31. The van der Waals surface area contributed by atoms with Crippen molar-refractivity contribution in [1.29, 1.82) is 0 Å². The number of nitrogens with one attached hydrogen (secondary N) is 1. The Balaban J connectivity index is 1.81. The zero-order chi connectivity index (χ0) is 25.9. The first-order chi connectivity index (χ1) is 17.3. The Labute approximate surface area is 208 Å². The number of aromatic nitrogens is 8. The number of nitrogens with zero attached hydrogens (tertiary/aromatic N) is 8. The summed E-state index contributed by atoms with van der Waals surface area (Å²) >= 11 is 0. The van der Waals surface area contributed by atoms with Crippen LogP contribution in [0.2, 0.25) is 0 Å². The number of hydrogen-bond donors (Lipinski definition) is 1. The number of methoxy groups -OCH3 is 2. The summed E-state index contributed by atoms with van der Waals surface area (Å²) in [6, 6.07) is 3.48. The van der Waals surface area contributed by atoms with Gasteiger partial charge in [0.2, 0.25) is 27.7 Å². The molecule has 14 heteroatoms. The lowest BCUT2D eigenvalue weighted by Gasteiger charge is -2.21. The number of hydrogen-bond acceptors (Lipinski definition) is 11. The molecule has 13 nitrogen and oxygen atoms in total. The highest BCUT2D eigenvalue weighted by molar-refractivity contribution is 7.93. The Morgan fingerprint density at radius 1 is 0.972 bits per heavy atom. The monoisotopic (exact) mass is 511 g/mol. The van der Waals surface area contributed by atoms with Crippen molar-refractivity contribution in [2.45, 2.75) is 31.9 Å². The molecule has 1 N–H and O–H groups in total. The van der Waals surface area contributed by atoms with Gasteiger partial charge in [-0.05, 0) is 26.0 Å². The Morgan fingerprint density at radius 2 is 1.69 bits per heavy atom. The van der Waals surface area contributed by atoms with Crippen LogP contribution in [-0.2, 0) is 10.0 Å². The van der Waals surface area contributed by atoms with E-state index in [0.717, 1.165) is 5.69 Å². The molecule has 4 rings (SSSR count). The number of anilines is 1. The van der Waals surface area contributed by atoms with E-state index in [2.05, 4.69) is 39.8 Å². The summed E-state index contributed by atoms with van der Waals surface area (Å²) in [6.07, 6.45) is 7.63. The largest absolute Gasteiger partial charge is 0.479 e. The maximum absolute atomic E-state index is 13.5. The highest BCUT2D eigenvalue weighted by Gasteiger charge is 2.32. The summed E-state index contributed by atoms with van der Waals surface area (Å²) < 4.78 is 41.8. The van der Waals surface area contributed by atoms with Gasteiger partial charge in [-0.2, -0.15) is 9.97 Å². The Bertz CT molecular complexity index is 1420. The summed E-state index contributed by atoms with van der Waals surface area (Å²) in [7, 11) is -1.14. The number of pyridine rings is 1. The fourth-order valence-electron chi connectivity index (χ4n) is 3.45. The third-order valence-electron chi connectivity index (χ3n) is 5.64. The SMILES string of the molecule is COc1ncnc(OC)c1-n1c(NS(=O)(=O)[C@@H](C)[C@H](C)c2cnc(C)cn2)nnc1-c1cccnc1. The summed E-state index contributed by atoms with van der Waals surface area (Å²) in [5, 5.41) is 7.47. The third-order valence-corrected chi connectivity index (χ3v) is 7.50. The van der Waals surface area contributed by atoms with Crippen molar-refractivity contribution in [3.63, 3.8) is 0 Å². The van der Waals surface area contributed by atoms with Gasteiger partial charge in [0.1, 0.15) is 6.33 Å². The lowest BCUT2D eigenvalue weighted by molar-refractivity contribution is 0.368. The van der Waals surface area contributed by atoms with Crippen molar-refractivity contribution in [3.05, 3.63) is 54.6 Å². The molecule has 0 aromatic carbocycles. The summed E-state index contributed by atoms with van der Waals surface area (Å²) in [5.41, 5.74) is 2.08. The molecule has 36 heavy (non-hydrogen) atoms. The molecular formula is C22H25N9O4S. The van der Waals surface area contributed by atoms with Crippen molar-refractivity contribution in [1.82, 2.24) is 39.7 Å². The smallest absolute Gasteiger partial charge is 0.245 e. The Kier molecular flexibility index (Phi) is 7.05. The van der Waals surface area contributed by atoms with Crippen molar-refractivity contribution >= 4 is 16.0 Å². The molecule has 0 aliphatic carbocycles. The summed E-state index contributed by atoms with van der Waals surface area (Å²) in [5.74, 6) is -0.0346. The molecule has 0 radical (unpaired) electrons. The van der Waals surface area contributed by atoms with Crippen molar-refractivity contribution in [3.8, 4) is 28.8 Å². The zero-order valence-corrected chi connectivity index (χ0v) is 21.1. The van der Waals surface area contributed by atoms with Crippen molar-refractivity contribution in [2.75, 3.05) is 18.9 Å². The predicted molar refractivity (Wildman–Crippen MR) is 130 cm³/mol. The van der Waals surface area contributed by atoms with Crippen LogP contribution in [0.25, 0.3) is 17.1 Å². The second-order valence-corrected chi connectivity index (χ2v) is 9.93. The van der Waals surface area contributed by atoms with Crippen molar-refractivity contribution < 1.29 is 17.9 Å². The molecule has 0 spiro atoms. The van der Waals surface area contributed by atoms with Crippen LogP contribution in [0, 0.1) is 6.92 Å². The van der Waals surface area contributed by atoms with E-state index in [0.29, 0.717) is 11.3 Å². The molecule has 0 saturated heterocycles. The van der Waals surface area contributed by atoms with Crippen LogP contribution in [-0.4, -0.2) is 67.6 Å². The summed E-state index contributed by atoms with van der Waals surface area (Å²) in [6.45, 7) is 5.17. The van der Waals surface area contributed by atoms with Crippen LogP contribution >= 0.6 is 0 Å². The minimum Gasteiger partial charge on any atom is -0.479 e. The van der Waals surface area contributed by atoms with E-state index in [-0.39, 0.29) is 29.2 Å². The van der Waals surface area contributed by atoms with Gasteiger partial charge in [-0.3, -0.25) is 24.2 Å². The predicted octanol–water partition coefficient (Wildman–Crippen LogP) is 2.17. The fraction of sp³-hybridized carbons (Fsp3) is 0.318. The van der Waals surface area contributed by atoms with E-state index in [1.54, 1.807) is 50.8 Å². The van der Waals surface area contributed by atoms with Gasteiger partial charge in [-0.1, -0.05) is 6.92 Å². The molecule has 0 aliphatic rings. The molecule has 0 bridgehead atoms. The van der Waals surface area contributed by atoms with E-state index in [4.69, 9.17) is 9.47 Å². The number of rotatable bonds is 9. The fourth-order valence-corrected chi connectivity index (χ4v) is 4.70. The van der Waals surface area contributed by atoms with Crippen molar-refractivity contribution in [2.24, 2.45) is 0 Å². The molecular weight excluding hydrogens is 486 g/mol. The van der Waals surface area contributed by atoms with Crippen LogP contribution < -0.4 is 14.2 Å². The standard InChI is InChI=1S/C22H25N9O4S/c1-13-9-25-17(11-24-13)14(2)15(3)36(32,33)30-22-29-28-19(16-7-6-8-23-10-16)31(22)18-20(34-4)26-12-27-21(18)35-5/h6-12,14-15H,1-5H3,(H,29,30)/t14-,15-/m0/s1. The highest BCUT2D eigenvalue weighted by Crippen LogP contribution is 2.35. The minimum atomic E-state index is -3.99. The highest BCUT2D eigenvalue weighted by atomic mass is 32.2. The maximum atomic E-state index is 13.5. The topological polar surface area (TPSA) is 160 Å². The van der Waals surface area contributed by atoms with Gasteiger partial charge in [0, 0.05) is 36.3 Å². The third kappa shape index (κ3) is 4.79. The van der Waals surface area contributed by atoms with Crippen LogP contribution in [0.1, 0.15) is 31.2 Å². The van der Waals surface area contributed by atoms with Gasteiger partial charge in [-0.25, -0.2) is 8.42 Å². The molecule has 4 aromatic heterocycles. The quantitative estimate of drug-likeness (QED) is 0.351. The Hall–Kier alpha value is -4.20. The van der Waals surface area contributed by atoms with Crippen LogP contribution in [0.4, 0.5) is 5.95 Å². The second-order valence-electron chi connectivity index (χ2n) is 7.89. The van der Waals surface area contributed by atoms with Gasteiger partial charge in [0.25, 0.3) is 0 Å². The van der Waals surface area contributed by atoms with Gasteiger partial charge in [0.15, 0.2) is 11.5 Å². The van der Waals surface area contributed by atoms with E-state index >= 15 is 0 Å². The molecule has 0 fully saturated rings. The Morgan fingerprint density at radius 3 is 2.28 bits per heavy atom. The van der Waals surface area contributed by atoms with Gasteiger partial charge < -0.3 is 9.47 Å². The van der Waals surface area contributed by atoms with Gasteiger partial charge in [0.05, 0.1) is 30.9 Å². The molecule has 0 unspecified atom stereocenters. The van der Waals surface area contributed by atoms with Gasteiger partial charge >= 0.3 is 0 Å². The number of sulfonamides is 1. The van der Waals surface area contributed by atoms with E-state index in [1.165, 1.54) is 25.1 Å². The van der Waals surface area contributed by atoms with Crippen LogP contribution in [0.15, 0.2) is 43.2 Å². The average molecular weight is 512 g/mol. The molecule has 0 amide bonds. The van der Waals surface area contributed by atoms with Crippen LogP contribution in [0.5, 0.6) is 11.8 Å². The minimum absolute atomic E-state index is 0.103. The normalized spacial score (nSPS) is 13.1. The lowest BCUT2D eigenvalue weighted by atomic mass is 10.1. The molecule has 2 atom stereocenters. The second kappa shape index (κ2) is 10.2. The maximum Gasteiger partial charge on any atom is 0.245 e. The first kappa shape index (κ1) is 24.9. The summed E-state index contributed by atoms with van der Waals surface area (Å²) in [4.78, 5) is 21.0. The molecule has 0 saturated carbocycles. The first-order valence-electron chi connectivity index (χ1n) is 10.9. The van der Waals surface area contributed by atoms with E-state index in [1.807, 2.05) is 6.92 Å². The molecule has 4 heterocycles. The van der Waals surface area contributed by atoms with Crippen LogP contribution in [0.3, 0.4) is 0 Å². The average Bonchev–Trinajstić information content (AvgIpc) is 3.30. The first-order valence-corrected chi connectivity index (χ1v) is 12.4. The molecule has 4 aromatic rings. The zero-order valence-electron chi connectivity index (χ0n) is 20.3. The van der Waals surface area contributed by atoms with Gasteiger partial charge in [-0.15, -0.1) is 10.2 Å². The number of ether oxygens (including phenoxy) is 2. The number of aryl methyl sites for hydroxylation is 1. The molecule has 0 aliphatic heterocycles. The van der Waals surface area contributed by atoms with E-state index in [9.17, 15) is 8.42 Å². The van der Waals surface area contributed by atoms with E-state index < -0.39 is 21.2 Å².